The Hall–Kier alpha value is -1.62. The summed E-state index contributed by atoms with van der Waals surface area (Å²) in [6.07, 6.45) is 4.44. The molecule has 0 aliphatic rings. The number of hydrogen-bond donors (Lipinski definition) is 2. The molecular formula is C15H18BrNO3. The Balaban J connectivity index is 2.46. The molecule has 0 saturated heterocycles. The smallest absolute Gasteiger partial charge is 0.308 e. The third kappa shape index (κ3) is 6.02. The Morgan fingerprint density at radius 3 is 2.55 bits per heavy atom. The fourth-order valence-electron chi connectivity index (χ4n) is 1.69. The lowest BCUT2D eigenvalue weighted by Gasteiger charge is -2.10. The first kappa shape index (κ1) is 16.4. The second kappa shape index (κ2) is 8.53. The van der Waals surface area contributed by atoms with Crippen molar-refractivity contribution in [3.8, 4) is 0 Å². The van der Waals surface area contributed by atoms with Crippen LogP contribution in [0.2, 0.25) is 0 Å². The van der Waals surface area contributed by atoms with Gasteiger partial charge in [0.2, 0.25) is 5.91 Å². The predicted octanol–water partition coefficient (Wildman–Crippen LogP) is 3.08. The van der Waals surface area contributed by atoms with E-state index in [1.54, 1.807) is 6.08 Å². The van der Waals surface area contributed by atoms with Crippen LogP contribution < -0.4 is 5.32 Å². The maximum Gasteiger partial charge on any atom is 0.308 e. The van der Waals surface area contributed by atoms with Gasteiger partial charge in [-0.3, -0.25) is 9.59 Å². The number of benzene rings is 1. The van der Waals surface area contributed by atoms with E-state index in [1.165, 1.54) is 6.08 Å². The molecule has 108 valence electrons. The summed E-state index contributed by atoms with van der Waals surface area (Å²) in [5, 5.41) is 11.6. The highest BCUT2D eigenvalue weighted by molar-refractivity contribution is 9.10. The van der Waals surface area contributed by atoms with E-state index in [0.717, 1.165) is 16.5 Å². The topological polar surface area (TPSA) is 66.4 Å². The largest absolute Gasteiger partial charge is 0.481 e. The van der Waals surface area contributed by atoms with Crippen LogP contribution in [0.5, 0.6) is 0 Å². The lowest BCUT2D eigenvalue weighted by Crippen LogP contribution is -2.31. The summed E-state index contributed by atoms with van der Waals surface area (Å²) in [4.78, 5) is 22.6. The number of hydrogen-bond acceptors (Lipinski definition) is 2. The zero-order valence-corrected chi connectivity index (χ0v) is 12.9. The van der Waals surface area contributed by atoms with Crippen LogP contribution in [0.4, 0.5) is 0 Å². The van der Waals surface area contributed by atoms with Crippen molar-refractivity contribution >= 4 is 33.9 Å². The van der Waals surface area contributed by atoms with Gasteiger partial charge < -0.3 is 10.4 Å². The van der Waals surface area contributed by atoms with Gasteiger partial charge in [-0.1, -0.05) is 41.4 Å². The molecule has 1 atom stereocenters. The van der Waals surface area contributed by atoms with Crippen LogP contribution in [-0.2, 0) is 9.59 Å². The van der Waals surface area contributed by atoms with E-state index >= 15 is 0 Å². The number of aliphatic carboxylic acids is 1. The molecule has 2 N–H and O–H groups in total. The summed E-state index contributed by atoms with van der Waals surface area (Å²) in [7, 11) is 0. The van der Waals surface area contributed by atoms with Gasteiger partial charge in [0.1, 0.15) is 0 Å². The van der Waals surface area contributed by atoms with Crippen molar-refractivity contribution in [1.29, 1.82) is 0 Å². The van der Waals surface area contributed by atoms with Gasteiger partial charge in [0, 0.05) is 17.1 Å². The number of rotatable bonds is 7. The molecule has 0 radical (unpaired) electrons. The van der Waals surface area contributed by atoms with Crippen molar-refractivity contribution in [3.63, 3.8) is 0 Å². The third-order valence-corrected chi connectivity index (χ3v) is 3.33. The summed E-state index contributed by atoms with van der Waals surface area (Å²) in [5.74, 6) is -1.68. The summed E-state index contributed by atoms with van der Waals surface area (Å²) in [6, 6.07) is 7.54. The molecule has 1 aromatic rings. The van der Waals surface area contributed by atoms with Gasteiger partial charge in [0.15, 0.2) is 0 Å². The van der Waals surface area contributed by atoms with E-state index in [0.29, 0.717) is 6.42 Å². The normalized spacial score (nSPS) is 12.3. The molecule has 1 amide bonds. The first-order valence-corrected chi connectivity index (χ1v) is 7.26. The molecule has 1 aromatic carbocycles. The number of nitrogens with one attached hydrogen (secondary N) is 1. The summed E-state index contributed by atoms with van der Waals surface area (Å²) in [5.41, 5.74) is 0.909. The van der Waals surface area contributed by atoms with Crippen LogP contribution >= 0.6 is 15.9 Å². The molecule has 0 aliphatic heterocycles. The molecule has 0 aliphatic carbocycles. The number of carboxylic acids is 1. The quantitative estimate of drug-likeness (QED) is 0.750. The fraction of sp³-hybridized carbons (Fsp3) is 0.333. The zero-order valence-electron chi connectivity index (χ0n) is 11.3. The van der Waals surface area contributed by atoms with Crippen LogP contribution in [0.25, 0.3) is 6.08 Å². The SMILES string of the molecule is CCCC(CNC(=O)C=Cc1ccc(Br)cc1)C(=O)O. The van der Waals surface area contributed by atoms with Crippen LogP contribution in [0, 0.1) is 5.92 Å². The van der Waals surface area contributed by atoms with Crippen molar-refractivity contribution in [3.05, 3.63) is 40.4 Å². The average Bonchev–Trinajstić information content (AvgIpc) is 2.42. The predicted molar refractivity (Wildman–Crippen MR) is 82.2 cm³/mol. The van der Waals surface area contributed by atoms with Crippen LogP contribution in [0.15, 0.2) is 34.8 Å². The highest BCUT2D eigenvalue weighted by atomic mass is 79.9. The lowest BCUT2D eigenvalue weighted by molar-refractivity contribution is -0.141. The highest BCUT2D eigenvalue weighted by Gasteiger charge is 2.16. The first-order chi connectivity index (χ1) is 9.52. The molecule has 5 heteroatoms. The van der Waals surface area contributed by atoms with Crippen molar-refractivity contribution in [2.45, 2.75) is 19.8 Å². The van der Waals surface area contributed by atoms with Crippen LogP contribution in [-0.4, -0.2) is 23.5 Å². The van der Waals surface area contributed by atoms with E-state index in [4.69, 9.17) is 5.11 Å². The van der Waals surface area contributed by atoms with E-state index < -0.39 is 11.9 Å². The number of halogens is 1. The number of carbonyl (C=O) groups excluding carboxylic acids is 1. The maximum atomic E-state index is 11.6. The molecular weight excluding hydrogens is 322 g/mol. The summed E-state index contributed by atoms with van der Waals surface area (Å²) < 4.78 is 0.975. The second-order valence-electron chi connectivity index (χ2n) is 4.45. The zero-order chi connectivity index (χ0) is 15.0. The van der Waals surface area contributed by atoms with E-state index in [9.17, 15) is 9.59 Å². The monoisotopic (exact) mass is 339 g/mol. The van der Waals surface area contributed by atoms with Crippen molar-refractivity contribution in [2.75, 3.05) is 6.54 Å². The Morgan fingerprint density at radius 1 is 1.35 bits per heavy atom. The number of amides is 1. The van der Waals surface area contributed by atoms with Gasteiger partial charge in [-0.2, -0.15) is 0 Å². The first-order valence-electron chi connectivity index (χ1n) is 6.47. The van der Waals surface area contributed by atoms with E-state index in [1.807, 2.05) is 31.2 Å². The van der Waals surface area contributed by atoms with Crippen LogP contribution in [0.3, 0.4) is 0 Å². The molecule has 0 saturated carbocycles. The van der Waals surface area contributed by atoms with Gasteiger partial charge >= 0.3 is 5.97 Å². The fourth-order valence-corrected chi connectivity index (χ4v) is 1.95. The average molecular weight is 340 g/mol. The molecule has 0 spiro atoms. The molecule has 0 bridgehead atoms. The van der Waals surface area contributed by atoms with Crippen LogP contribution in [0.1, 0.15) is 25.3 Å². The van der Waals surface area contributed by atoms with E-state index in [2.05, 4.69) is 21.2 Å². The summed E-state index contributed by atoms with van der Waals surface area (Å²) in [6.45, 7) is 2.08. The minimum absolute atomic E-state index is 0.159. The van der Waals surface area contributed by atoms with Crippen molar-refractivity contribution < 1.29 is 14.7 Å². The Labute approximate surface area is 127 Å². The Kier molecular flexibility index (Phi) is 7.01. The third-order valence-electron chi connectivity index (χ3n) is 2.81. The Bertz CT molecular complexity index is 482. The van der Waals surface area contributed by atoms with Gasteiger partial charge in [-0.05, 0) is 30.2 Å². The summed E-state index contributed by atoms with van der Waals surface area (Å²) >= 11 is 3.34. The number of carbonyl (C=O) groups is 2. The van der Waals surface area contributed by atoms with Crippen molar-refractivity contribution in [1.82, 2.24) is 5.32 Å². The Morgan fingerprint density at radius 2 is 2.00 bits per heavy atom. The molecule has 0 heterocycles. The van der Waals surface area contributed by atoms with E-state index in [-0.39, 0.29) is 12.5 Å². The number of carboxylic acid groups (broad SMARTS) is 1. The molecule has 20 heavy (non-hydrogen) atoms. The molecule has 4 nitrogen and oxygen atoms in total. The van der Waals surface area contributed by atoms with Gasteiger partial charge in [0.05, 0.1) is 5.92 Å². The van der Waals surface area contributed by atoms with Gasteiger partial charge in [-0.25, -0.2) is 0 Å². The van der Waals surface area contributed by atoms with Gasteiger partial charge in [0.25, 0.3) is 0 Å². The lowest BCUT2D eigenvalue weighted by atomic mass is 10.0. The standard InChI is InChI=1S/C15H18BrNO3/c1-2-3-12(15(19)20)10-17-14(18)9-6-11-4-7-13(16)8-5-11/h4-9,12H,2-3,10H2,1H3,(H,17,18)(H,19,20). The maximum absolute atomic E-state index is 11.6. The minimum Gasteiger partial charge on any atom is -0.481 e. The molecule has 1 unspecified atom stereocenters. The molecule has 0 fully saturated rings. The molecule has 0 aromatic heterocycles. The second-order valence-corrected chi connectivity index (χ2v) is 5.37. The van der Waals surface area contributed by atoms with Crippen molar-refractivity contribution in [2.24, 2.45) is 5.92 Å². The van der Waals surface area contributed by atoms with Gasteiger partial charge in [-0.15, -0.1) is 0 Å². The molecule has 1 rings (SSSR count). The minimum atomic E-state index is -0.871. The highest BCUT2D eigenvalue weighted by Crippen LogP contribution is 2.11.